The number of nitrogens with zero attached hydrogens (tertiary/aromatic N) is 2. The number of esters is 1. The van der Waals surface area contributed by atoms with E-state index in [0.717, 1.165) is 12.4 Å². The SMILES string of the molecule is C#CCN(CC)c1ccc(C(=O)OCC)cn1. The third-order valence-electron chi connectivity index (χ3n) is 2.25. The van der Waals surface area contributed by atoms with Gasteiger partial charge in [-0.3, -0.25) is 0 Å². The van der Waals surface area contributed by atoms with Gasteiger partial charge in [-0.1, -0.05) is 5.92 Å². The molecule has 0 aromatic carbocycles. The molecule has 17 heavy (non-hydrogen) atoms. The van der Waals surface area contributed by atoms with E-state index >= 15 is 0 Å². The number of terminal acetylenes is 1. The molecule has 1 rings (SSSR count). The second kappa shape index (κ2) is 6.54. The Morgan fingerprint density at radius 1 is 1.53 bits per heavy atom. The maximum absolute atomic E-state index is 11.4. The monoisotopic (exact) mass is 232 g/mol. The lowest BCUT2D eigenvalue weighted by Crippen LogP contribution is -2.23. The molecule has 90 valence electrons. The predicted molar refractivity (Wildman–Crippen MR) is 66.9 cm³/mol. The van der Waals surface area contributed by atoms with Crippen molar-refractivity contribution in [2.45, 2.75) is 13.8 Å². The summed E-state index contributed by atoms with van der Waals surface area (Å²) in [6.45, 7) is 5.40. The summed E-state index contributed by atoms with van der Waals surface area (Å²) in [5.41, 5.74) is 0.451. The highest BCUT2D eigenvalue weighted by molar-refractivity contribution is 5.89. The van der Waals surface area contributed by atoms with Gasteiger partial charge >= 0.3 is 5.97 Å². The van der Waals surface area contributed by atoms with E-state index in [1.807, 2.05) is 11.8 Å². The van der Waals surface area contributed by atoms with Crippen molar-refractivity contribution in [2.24, 2.45) is 0 Å². The van der Waals surface area contributed by atoms with Crippen molar-refractivity contribution < 1.29 is 9.53 Å². The van der Waals surface area contributed by atoms with Gasteiger partial charge in [0.2, 0.25) is 0 Å². The molecular formula is C13H16N2O2. The highest BCUT2D eigenvalue weighted by Gasteiger charge is 2.08. The van der Waals surface area contributed by atoms with Crippen LogP contribution in [-0.4, -0.2) is 30.6 Å². The average Bonchev–Trinajstić information content (AvgIpc) is 2.36. The van der Waals surface area contributed by atoms with Crippen LogP contribution in [0.2, 0.25) is 0 Å². The van der Waals surface area contributed by atoms with Crippen molar-refractivity contribution in [1.82, 2.24) is 4.98 Å². The van der Waals surface area contributed by atoms with Gasteiger partial charge in [-0.2, -0.15) is 0 Å². The molecule has 0 aliphatic carbocycles. The largest absolute Gasteiger partial charge is 0.462 e. The van der Waals surface area contributed by atoms with E-state index in [9.17, 15) is 4.79 Å². The van der Waals surface area contributed by atoms with E-state index in [0.29, 0.717) is 18.7 Å². The molecule has 0 saturated carbocycles. The maximum Gasteiger partial charge on any atom is 0.339 e. The molecule has 0 radical (unpaired) electrons. The van der Waals surface area contributed by atoms with Crippen LogP contribution in [-0.2, 0) is 4.74 Å². The normalized spacial score (nSPS) is 9.47. The molecular weight excluding hydrogens is 216 g/mol. The molecule has 1 aromatic rings. The summed E-state index contributed by atoms with van der Waals surface area (Å²) in [7, 11) is 0. The molecule has 0 unspecified atom stereocenters. The number of hydrogen-bond acceptors (Lipinski definition) is 4. The highest BCUT2D eigenvalue weighted by Crippen LogP contribution is 2.11. The smallest absolute Gasteiger partial charge is 0.339 e. The van der Waals surface area contributed by atoms with Crippen LogP contribution in [0.5, 0.6) is 0 Å². The van der Waals surface area contributed by atoms with Gasteiger partial charge in [0.25, 0.3) is 0 Å². The standard InChI is InChI=1S/C13H16N2O2/c1-4-9-15(5-2)12-8-7-11(10-14-12)13(16)17-6-3/h1,7-8,10H,5-6,9H2,2-3H3. The summed E-state index contributed by atoms with van der Waals surface area (Å²) >= 11 is 0. The molecule has 4 heteroatoms. The van der Waals surface area contributed by atoms with Crippen molar-refractivity contribution in [3.8, 4) is 12.3 Å². The summed E-state index contributed by atoms with van der Waals surface area (Å²) in [6, 6.07) is 3.46. The molecule has 0 amide bonds. The maximum atomic E-state index is 11.4. The van der Waals surface area contributed by atoms with Gasteiger partial charge < -0.3 is 9.64 Å². The second-order valence-electron chi connectivity index (χ2n) is 3.34. The fraction of sp³-hybridized carbons (Fsp3) is 0.385. The Balaban J connectivity index is 2.80. The molecule has 0 atom stereocenters. The highest BCUT2D eigenvalue weighted by atomic mass is 16.5. The van der Waals surface area contributed by atoms with E-state index in [1.165, 1.54) is 6.20 Å². The zero-order valence-electron chi connectivity index (χ0n) is 10.1. The van der Waals surface area contributed by atoms with E-state index in [4.69, 9.17) is 11.2 Å². The Morgan fingerprint density at radius 3 is 2.76 bits per heavy atom. The van der Waals surface area contributed by atoms with Crippen molar-refractivity contribution in [3.05, 3.63) is 23.9 Å². The molecule has 1 heterocycles. The zero-order chi connectivity index (χ0) is 12.7. The average molecular weight is 232 g/mol. The number of carbonyl (C=O) groups excluding carboxylic acids is 1. The van der Waals surface area contributed by atoms with E-state index < -0.39 is 0 Å². The molecule has 0 spiro atoms. The van der Waals surface area contributed by atoms with Crippen molar-refractivity contribution in [1.29, 1.82) is 0 Å². The van der Waals surface area contributed by atoms with E-state index in [-0.39, 0.29) is 5.97 Å². The lowest BCUT2D eigenvalue weighted by Gasteiger charge is -2.18. The van der Waals surface area contributed by atoms with Crippen LogP contribution in [0, 0.1) is 12.3 Å². The molecule has 0 saturated heterocycles. The predicted octanol–water partition coefficient (Wildman–Crippen LogP) is 1.72. The Kier molecular flexibility index (Phi) is 5.02. The molecule has 0 aliphatic rings. The first-order valence-electron chi connectivity index (χ1n) is 5.54. The molecule has 4 nitrogen and oxygen atoms in total. The minimum absolute atomic E-state index is 0.355. The van der Waals surface area contributed by atoms with E-state index in [1.54, 1.807) is 19.1 Å². The summed E-state index contributed by atoms with van der Waals surface area (Å²) in [6.07, 6.45) is 6.77. The minimum atomic E-state index is -0.355. The van der Waals surface area contributed by atoms with Crippen LogP contribution in [0.4, 0.5) is 5.82 Å². The van der Waals surface area contributed by atoms with Crippen LogP contribution in [0.15, 0.2) is 18.3 Å². The van der Waals surface area contributed by atoms with Gasteiger partial charge in [0.1, 0.15) is 5.82 Å². The molecule has 0 bridgehead atoms. The van der Waals surface area contributed by atoms with Crippen LogP contribution >= 0.6 is 0 Å². The third-order valence-corrected chi connectivity index (χ3v) is 2.25. The van der Waals surface area contributed by atoms with Gasteiger partial charge in [-0.05, 0) is 26.0 Å². The molecule has 0 aliphatic heterocycles. The van der Waals surface area contributed by atoms with Crippen LogP contribution in [0.3, 0.4) is 0 Å². The minimum Gasteiger partial charge on any atom is -0.462 e. The molecule has 1 aromatic heterocycles. The Labute approximate surface area is 102 Å². The lowest BCUT2D eigenvalue weighted by atomic mass is 10.3. The Bertz CT molecular complexity index is 406. The fourth-order valence-corrected chi connectivity index (χ4v) is 1.37. The summed E-state index contributed by atoms with van der Waals surface area (Å²) in [5.74, 6) is 2.98. The van der Waals surface area contributed by atoms with Gasteiger partial charge in [0.05, 0.1) is 18.7 Å². The lowest BCUT2D eigenvalue weighted by molar-refractivity contribution is 0.0526. The Morgan fingerprint density at radius 2 is 2.29 bits per heavy atom. The molecule has 0 N–H and O–H groups in total. The summed E-state index contributed by atoms with van der Waals surface area (Å²) in [4.78, 5) is 17.6. The number of aromatic nitrogens is 1. The van der Waals surface area contributed by atoms with Crippen LogP contribution < -0.4 is 4.90 Å². The number of rotatable bonds is 5. The fourth-order valence-electron chi connectivity index (χ4n) is 1.37. The first kappa shape index (κ1) is 13.0. The number of ether oxygens (including phenoxy) is 1. The van der Waals surface area contributed by atoms with Crippen LogP contribution in [0.25, 0.3) is 0 Å². The van der Waals surface area contributed by atoms with Crippen LogP contribution in [0.1, 0.15) is 24.2 Å². The number of anilines is 1. The summed E-state index contributed by atoms with van der Waals surface area (Å²) < 4.78 is 4.88. The quantitative estimate of drug-likeness (QED) is 0.572. The number of pyridine rings is 1. The first-order chi connectivity index (χ1) is 8.22. The third kappa shape index (κ3) is 3.49. The first-order valence-corrected chi connectivity index (χ1v) is 5.54. The second-order valence-corrected chi connectivity index (χ2v) is 3.34. The number of hydrogen-bond donors (Lipinski definition) is 0. The number of carbonyl (C=O) groups is 1. The van der Waals surface area contributed by atoms with Crippen molar-refractivity contribution >= 4 is 11.8 Å². The summed E-state index contributed by atoms with van der Waals surface area (Å²) in [5, 5.41) is 0. The van der Waals surface area contributed by atoms with Gasteiger partial charge in [0.15, 0.2) is 0 Å². The Hall–Kier alpha value is -2.02. The van der Waals surface area contributed by atoms with E-state index in [2.05, 4.69) is 10.9 Å². The van der Waals surface area contributed by atoms with Crippen molar-refractivity contribution in [2.75, 3.05) is 24.6 Å². The van der Waals surface area contributed by atoms with Crippen molar-refractivity contribution in [3.63, 3.8) is 0 Å². The van der Waals surface area contributed by atoms with Gasteiger partial charge in [-0.25, -0.2) is 9.78 Å². The molecule has 0 fully saturated rings. The zero-order valence-corrected chi connectivity index (χ0v) is 10.1. The topological polar surface area (TPSA) is 42.4 Å². The van der Waals surface area contributed by atoms with Gasteiger partial charge in [0, 0.05) is 12.7 Å². The van der Waals surface area contributed by atoms with Gasteiger partial charge in [-0.15, -0.1) is 6.42 Å².